The van der Waals surface area contributed by atoms with E-state index in [1.54, 1.807) is 6.20 Å². The van der Waals surface area contributed by atoms with Crippen molar-refractivity contribution in [2.45, 2.75) is 19.4 Å². The van der Waals surface area contributed by atoms with Gasteiger partial charge in [-0.3, -0.25) is 0 Å². The standard InChI is InChI=1S/C26H26F2N4O/c27-20-10-19(11-21(28)12-20)22-15-31-26-25(22)23(33-16-18-6-8-29-9-7-18)13-24(32-26)30-14-17-4-2-1-3-5-17/h1-5,10-13,15,18,29H,6-9,14,16H2,(H2,30,31,32). The number of aromatic nitrogens is 2. The summed E-state index contributed by atoms with van der Waals surface area (Å²) in [6.45, 7) is 3.18. The summed E-state index contributed by atoms with van der Waals surface area (Å²) in [5, 5.41) is 7.45. The Morgan fingerprint density at radius 3 is 2.52 bits per heavy atom. The number of benzene rings is 2. The number of pyridine rings is 1. The maximum absolute atomic E-state index is 13.9. The van der Waals surface area contributed by atoms with Crippen molar-refractivity contribution in [3.63, 3.8) is 0 Å². The maximum Gasteiger partial charge on any atom is 0.144 e. The van der Waals surface area contributed by atoms with Gasteiger partial charge in [0.25, 0.3) is 0 Å². The highest BCUT2D eigenvalue weighted by Crippen LogP contribution is 2.37. The fraction of sp³-hybridized carbons (Fsp3) is 0.269. The van der Waals surface area contributed by atoms with Gasteiger partial charge in [-0.2, -0.15) is 0 Å². The molecule has 0 bridgehead atoms. The Morgan fingerprint density at radius 2 is 1.76 bits per heavy atom. The Labute approximate surface area is 191 Å². The molecule has 0 radical (unpaired) electrons. The zero-order valence-corrected chi connectivity index (χ0v) is 18.2. The summed E-state index contributed by atoms with van der Waals surface area (Å²) < 4.78 is 34.2. The molecule has 33 heavy (non-hydrogen) atoms. The molecule has 2 aromatic carbocycles. The van der Waals surface area contributed by atoms with Crippen LogP contribution in [0.2, 0.25) is 0 Å². The van der Waals surface area contributed by atoms with Crippen molar-refractivity contribution in [2.24, 2.45) is 5.92 Å². The summed E-state index contributed by atoms with van der Waals surface area (Å²) in [6.07, 6.45) is 3.84. The monoisotopic (exact) mass is 448 g/mol. The summed E-state index contributed by atoms with van der Waals surface area (Å²) in [4.78, 5) is 7.85. The molecule has 0 saturated carbocycles. The van der Waals surface area contributed by atoms with E-state index >= 15 is 0 Å². The Hall–Kier alpha value is -3.45. The number of fused-ring (bicyclic) bond motifs is 1. The van der Waals surface area contributed by atoms with E-state index in [2.05, 4.69) is 15.6 Å². The van der Waals surface area contributed by atoms with Crippen LogP contribution in [-0.4, -0.2) is 29.7 Å². The number of hydrogen-bond donors (Lipinski definition) is 3. The predicted octanol–water partition coefficient (Wildman–Crippen LogP) is 5.50. The maximum atomic E-state index is 13.9. The van der Waals surface area contributed by atoms with Crippen LogP contribution in [0.5, 0.6) is 5.75 Å². The Kier molecular flexibility index (Phi) is 6.21. The third-order valence-electron chi connectivity index (χ3n) is 6.03. The number of nitrogens with one attached hydrogen (secondary N) is 3. The molecule has 4 aromatic rings. The highest BCUT2D eigenvalue weighted by Gasteiger charge is 2.19. The van der Waals surface area contributed by atoms with Crippen molar-refractivity contribution in [1.29, 1.82) is 0 Å². The lowest BCUT2D eigenvalue weighted by molar-refractivity contribution is 0.217. The van der Waals surface area contributed by atoms with Gasteiger partial charge in [0.1, 0.15) is 28.8 Å². The molecule has 0 amide bonds. The molecule has 5 rings (SSSR count). The minimum Gasteiger partial charge on any atom is -0.492 e. The second-order valence-electron chi connectivity index (χ2n) is 8.43. The van der Waals surface area contributed by atoms with E-state index < -0.39 is 11.6 Å². The topological polar surface area (TPSA) is 62.0 Å². The lowest BCUT2D eigenvalue weighted by Crippen LogP contribution is -2.30. The van der Waals surface area contributed by atoms with Crippen LogP contribution >= 0.6 is 0 Å². The Morgan fingerprint density at radius 1 is 1.00 bits per heavy atom. The van der Waals surface area contributed by atoms with Crippen molar-refractivity contribution < 1.29 is 13.5 Å². The predicted molar refractivity (Wildman–Crippen MR) is 126 cm³/mol. The molecule has 0 spiro atoms. The van der Waals surface area contributed by atoms with Gasteiger partial charge in [0.2, 0.25) is 0 Å². The third-order valence-corrected chi connectivity index (χ3v) is 6.03. The number of anilines is 1. The molecule has 1 saturated heterocycles. The minimum atomic E-state index is -0.620. The van der Waals surface area contributed by atoms with Crippen LogP contribution < -0.4 is 15.4 Å². The first-order valence-electron chi connectivity index (χ1n) is 11.3. The molecular formula is C26H26F2N4O. The first-order valence-corrected chi connectivity index (χ1v) is 11.3. The second-order valence-corrected chi connectivity index (χ2v) is 8.43. The molecule has 7 heteroatoms. The minimum absolute atomic E-state index is 0.442. The highest BCUT2D eigenvalue weighted by atomic mass is 19.1. The molecular weight excluding hydrogens is 422 g/mol. The van der Waals surface area contributed by atoms with Gasteiger partial charge in [-0.1, -0.05) is 30.3 Å². The number of rotatable bonds is 7. The molecule has 0 aliphatic carbocycles. The molecule has 3 heterocycles. The molecule has 1 aliphatic rings. The van der Waals surface area contributed by atoms with Gasteiger partial charge in [-0.25, -0.2) is 13.8 Å². The van der Waals surface area contributed by atoms with Crippen molar-refractivity contribution >= 4 is 16.9 Å². The van der Waals surface area contributed by atoms with E-state index in [9.17, 15) is 8.78 Å². The summed E-state index contributed by atoms with van der Waals surface area (Å²) in [7, 11) is 0. The van der Waals surface area contributed by atoms with Gasteiger partial charge in [-0.15, -0.1) is 0 Å². The molecule has 5 nitrogen and oxygen atoms in total. The van der Waals surface area contributed by atoms with Gasteiger partial charge < -0.3 is 20.4 Å². The Bertz CT molecular complexity index is 1220. The highest BCUT2D eigenvalue weighted by molar-refractivity contribution is 5.99. The lowest BCUT2D eigenvalue weighted by Gasteiger charge is -2.23. The van der Waals surface area contributed by atoms with Gasteiger partial charge in [-0.05, 0) is 55.1 Å². The van der Waals surface area contributed by atoms with Crippen molar-refractivity contribution in [3.8, 4) is 16.9 Å². The van der Waals surface area contributed by atoms with Crippen molar-refractivity contribution in [2.75, 3.05) is 25.0 Å². The zero-order chi connectivity index (χ0) is 22.6. The number of H-pyrrole nitrogens is 1. The SMILES string of the molecule is Fc1cc(F)cc(-c2c[nH]c3nc(NCc4ccccc4)cc(OCC4CCNCC4)c23)c1. The van der Waals surface area contributed by atoms with Gasteiger partial charge >= 0.3 is 0 Å². The van der Waals surface area contributed by atoms with E-state index in [4.69, 9.17) is 9.72 Å². The Balaban J connectivity index is 1.49. The van der Waals surface area contributed by atoms with Crippen molar-refractivity contribution in [3.05, 3.63) is 78.0 Å². The number of ether oxygens (including phenoxy) is 1. The quantitative estimate of drug-likeness (QED) is 0.349. The van der Waals surface area contributed by atoms with E-state index in [1.165, 1.54) is 12.1 Å². The molecule has 170 valence electrons. The third kappa shape index (κ3) is 4.98. The van der Waals surface area contributed by atoms with Gasteiger partial charge in [0.15, 0.2) is 0 Å². The number of hydrogen-bond acceptors (Lipinski definition) is 4. The van der Waals surface area contributed by atoms with Crippen LogP contribution in [0.15, 0.2) is 60.8 Å². The number of piperidine rings is 1. The van der Waals surface area contributed by atoms with E-state index in [1.807, 2.05) is 36.4 Å². The van der Waals surface area contributed by atoms with E-state index in [-0.39, 0.29) is 0 Å². The summed E-state index contributed by atoms with van der Waals surface area (Å²) >= 11 is 0. The normalized spacial score (nSPS) is 14.5. The molecule has 1 fully saturated rings. The van der Waals surface area contributed by atoms with Crippen LogP contribution in [0.25, 0.3) is 22.2 Å². The van der Waals surface area contributed by atoms with E-state index in [0.29, 0.717) is 47.4 Å². The van der Waals surface area contributed by atoms with Crippen LogP contribution in [0.4, 0.5) is 14.6 Å². The largest absolute Gasteiger partial charge is 0.492 e. The average molecular weight is 449 g/mol. The molecule has 0 atom stereocenters. The zero-order valence-electron chi connectivity index (χ0n) is 18.2. The van der Waals surface area contributed by atoms with Crippen LogP contribution in [0, 0.1) is 17.6 Å². The fourth-order valence-corrected chi connectivity index (χ4v) is 4.28. The first-order chi connectivity index (χ1) is 16.2. The molecule has 1 aliphatic heterocycles. The summed E-state index contributed by atoms with van der Waals surface area (Å²) in [6, 6.07) is 15.5. The fourth-order valence-electron chi connectivity index (χ4n) is 4.28. The van der Waals surface area contributed by atoms with Crippen LogP contribution in [0.1, 0.15) is 18.4 Å². The smallest absolute Gasteiger partial charge is 0.144 e. The van der Waals surface area contributed by atoms with E-state index in [0.717, 1.165) is 42.9 Å². The summed E-state index contributed by atoms with van der Waals surface area (Å²) in [5.74, 6) is 0.543. The van der Waals surface area contributed by atoms with Gasteiger partial charge in [0, 0.05) is 30.4 Å². The number of aromatic amines is 1. The lowest BCUT2D eigenvalue weighted by atomic mass is 9.99. The molecule has 3 N–H and O–H groups in total. The van der Waals surface area contributed by atoms with Gasteiger partial charge in [0.05, 0.1) is 12.0 Å². The molecule has 2 aromatic heterocycles. The van der Waals surface area contributed by atoms with Crippen LogP contribution in [-0.2, 0) is 6.54 Å². The number of halogens is 2. The number of nitrogens with zero attached hydrogens (tertiary/aromatic N) is 1. The second kappa shape index (κ2) is 9.58. The first kappa shape index (κ1) is 21.4. The summed E-state index contributed by atoms with van der Waals surface area (Å²) in [5.41, 5.74) is 2.84. The van der Waals surface area contributed by atoms with Crippen molar-refractivity contribution in [1.82, 2.24) is 15.3 Å². The van der Waals surface area contributed by atoms with Crippen LogP contribution in [0.3, 0.4) is 0 Å². The molecule has 0 unspecified atom stereocenters. The average Bonchev–Trinajstić information content (AvgIpc) is 3.26.